The van der Waals surface area contributed by atoms with Crippen LogP contribution in [0.4, 0.5) is 0 Å². The van der Waals surface area contributed by atoms with Crippen LogP contribution in [-0.2, 0) is 6.42 Å². The molecule has 0 N–H and O–H groups in total. The van der Waals surface area contributed by atoms with E-state index in [0.717, 1.165) is 23.7 Å². The van der Waals surface area contributed by atoms with Crippen molar-refractivity contribution in [2.75, 3.05) is 0 Å². The summed E-state index contributed by atoms with van der Waals surface area (Å²) in [5.41, 5.74) is 3.52. The summed E-state index contributed by atoms with van der Waals surface area (Å²) in [6.07, 6.45) is 6.76. The molecule has 18 heavy (non-hydrogen) atoms. The van der Waals surface area contributed by atoms with E-state index in [-0.39, 0.29) is 0 Å². The number of hydrogen-bond acceptors (Lipinski definition) is 3. The van der Waals surface area contributed by atoms with Crippen LogP contribution in [0.3, 0.4) is 0 Å². The smallest absolute Gasteiger partial charge is 0.153 e. The third-order valence-electron chi connectivity index (χ3n) is 2.92. The lowest BCUT2D eigenvalue weighted by Gasteiger charge is -2.03. The predicted molar refractivity (Wildman–Crippen MR) is 68.6 cm³/mol. The first-order valence-corrected chi connectivity index (χ1v) is 5.71. The summed E-state index contributed by atoms with van der Waals surface area (Å²) >= 11 is 0. The molecule has 3 nitrogen and oxygen atoms in total. The van der Waals surface area contributed by atoms with Crippen LogP contribution in [0.5, 0.6) is 0 Å². The molecule has 2 aromatic heterocycles. The average Bonchev–Trinajstić information content (AvgIpc) is 2.87. The Labute approximate surface area is 104 Å². The van der Waals surface area contributed by atoms with E-state index >= 15 is 0 Å². The zero-order valence-corrected chi connectivity index (χ0v) is 9.67. The lowest BCUT2D eigenvalue weighted by Crippen LogP contribution is -1.91. The molecular weight excluding hydrogens is 226 g/mol. The normalized spacial score (nSPS) is 10.7. The number of fused-ring (bicyclic) bond motifs is 1. The van der Waals surface area contributed by atoms with Crippen LogP contribution in [-0.4, -0.2) is 11.3 Å². The lowest BCUT2D eigenvalue weighted by atomic mass is 10.0. The average molecular weight is 237 g/mol. The van der Waals surface area contributed by atoms with Gasteiger partial charge in [0.2, 0.25) is 0 Å². The van der Waals surface area contributed by atoms with E-state index in [9.17, 15) is 4.79 Å². The van der Waals surface area contributed by atoms with Gasteiger partial charge in [-0.15, -0.1) is 0 Å². The third kappa shape index (κ3) is 1.91. The topological polar surface area (TPSA) is 43.1 Å². The first kappa shape index (κ1) is 10.7. The van der Waals surface area contributed by atoms with Gasteiger partial charge in [-0.3, -0.25) is 9.78 Å². The maximum absolute atomic E-state index is 11.1. The van der Waals surface area contributed by atoms with Crippen molar-refractivity contribution in [3.8, 4) is 0 Å². The highest BCUT2D eigenvalue weighted by Gasteiger charge is 2.07. The highest BCUT2D eigenvalue weighted by molar-refractivity contribution is 5.95. The number of carbonyl (C=O) groups is 1. The third-order valence-corrected chi connectivity index (χ3v) is 2.92. The van der Waals surface area contributed by atoms with Gasteiger partial charge in [0.15, 0.2) is 6.29 Å². The maximum atomic E-state index is 11.1. The zero-order valence-electron chi connectivity index (χ0n) is 9.67. The van der Waals surface area contributed by atoms with Gasteiger partial charge >= 0.3 is 0 Å². The van der Waals surface area contributed by atoms with E-state index in [4.69, 9.17) is 4.42 Å². The fourth-order valence-corrected chi connectivity index (χ4v) is 2.10. The van der Waals surface area contributed by atoms with Crippen LogP contribution >= 0.6 is 0 Å². The Morgan fingerprint density at radius 1 is 1.11 bits per heavy atom. The number of nitrogens with zero attached hydrogens (tertiary/aromatic N) is 1. The molecule has 0 atom stereocenters. The number of carbonyl (C=O) groups excluding carboxylic acids is 1. The van der Waals surface area contributed by atoms with Gasteiger partial charge in [0.25, 0.3) is 0 Å². The Kier molecular flexibility index (Phi) is 2.65. The summed E-state index contributed by atoms with van der Waals surface area (Å²) in [7, 11) is 0. The molecule has 0 aliphatic rings. The predicted octanol–water partition coefficient (Wildman–Crippen LogP) is 3.23. The van der Waals surface area contributed by atoms with Crippen LogP contribution in [0.15, 0.2) is 53.4 Å². The van der Waals surface area contributed by atoms with Gasteiger partial charge in [0.05, 0.1) is 11.8 Å². The molecule has 0 aliphatic carbocycles. The molecule has 0 saturated heterocycles. The molecule has 3 aromatic rings. The van der Waals surface area contributed by atoms with Gasteiger partial charge in [-0.2, -0.15) is 0 Å². The highest BCUT2D eigenvalue weighted by Crippen LogP contribution is 2.22. The SMILES string of the molecule is O=Cc1cc(Cc2ccncc2)cc2ccoc12. The monoisotopic (exact) mass is 237 g/mol. The Morgan fingerprint density at radius 2 is 1.94 bits per heavy atom. The van der Waals surface area contributed by atoms with E-state index in [1.807, 2.05) is 30.3 Å². The Balaban J connectivity index is 2.04. The number of aromatic nitrogens is 1. The molecule has 0 radical (unpaired) electrons. The lowest BCUT2D eigenvalue weighted by molar-refractivity contribution is 0.112. The second kappa shape index (κ2) is 4.45. The van der Waals surface area contributed by atoms with Crippen molar-refractivity contribution in [2.45, 2.75) is 6.42 Å². The van der Waals surface area contributed by atoms with Gasteiger partial charge in [0.1, 0.15) is 5.58 Å². The minimum atomic E-state index is 0.599. The van der Waals surface area contributed by atoms with Crippen LogP contribution in [0, 0.1) is 0 Å². The molecule has 1 aromatic carbocycles. The number of benzene rings is 1. The molecule has 0 spiro atoms. The van der Waals surface area contributed by atoms with Crippen molar-refractivity contribution >= 4 is 17.3 Å². The van der Waals surface area contributed by atoms with Gasteiger partial charge in [-0.25, -0.2) is 0 Å². The van der Waals surface area contributed by atoms with Gasteiger partial charge < -0.3 is 4.42 Å². The van der Waals surface area contributed by atoms with Crippen LogP contribution in [0.1, 0.15) is 21.5 Å². The van der Waals surface area contributed by atoms with E-state index in [1.54, 1.807) is 18.7 Å². The maximum Gasteiger partial charge on any atom is 0.153 e. The Hall–Kier alpha value is -2.42. The van der Waals surface area contributed by atoms with Crippen molar-refractivity contribution in [3.05, 3.63) is 65.7 Å². The van der Waals surface area contributed by atoms with E-state index in [2.05, 4.69) is 4.98 Å². The van der Waals surface area contributed by atoms with Crippen molar-refractivity contribution < 1.29 is 9.21 Å². The molecule has 0 saturated carbocycles. The summed E-state index contributed by atoms with van der Waals surface area (Å²) in [4.78, 5) is 15.0. The molecular formula is C15H11NO2. The molecule has 3 heteroatoms. The molecule has 3 rings (SSSR count). The van der Waals surface area contributed by atoms with Crippen LogP contribution < -0.4 is 0 Å². The fourth-order valence-electron chi connectivity index (χ4n) is 2.10. The summed E-state index contributed by atoms with van der Waals surface area (Å²) in [5, 5.41) is 0.962. The molecule has 0 fully saturated rings. The molecule has 0 aliphatic heterocycles. The van der Waals surface area contributed by atoms with E-state index < -0.39 is 0 Å². The van der Waals surface area contributed by atoms with Crippen molar-refractivity contribution in [3.63, 3.8) is 0 Å². The second-order valence-corrected chi connectivity index (χ2v) is 4.17. The summed E-state index contributed by atoms with van der Waals surface area (Å²) in [6, 6.07) is 9.74. The van der Waals surface area contributed by atoms with Crippen LogP contribution in [0.2, 0.25) is 0 Å². The fraction of sp³-hybridized carbons (Fsp3) is 0.0667. The number of pyridine rings is 1. The molecule has 0 unspecified atom stereocenters. The molecule has 2 heterocycles. The van der Waals surface area contributed by atoms with E-state index in [1.165, 1.54) is 5.56 Å². The quantitative estimate of drug-likeness (QED) is 0.657. The van der Waals surface area contributed by atoms with Gasteiger partial charge in [-0.1, -0.05) is 0 Å². The molecule has 0 bridgehead atoms. The number of rotatable bonds is 3. The number of hydrogen-bond donors (Lipinski definition) is 0. The summed E-state index contributed by atoms with van der Waals surface area (Å²) in [5.74, 6) is 0. The number of aldehydes is 1. The van der Waals surface area contributed by atoms with Crippen molar-refractivity contribution in [2.24, 2.45) is 0 Å². The highest BCUT2D eigenvalue weighted by atomic mass is 16.3. The minimum Gasteiger partial charge on any atom is -0.464 e. The van der Waals surface area contributed by atoms with Crippen molar-refractivity contribution in [1.82, 2.24) is 4.98 Å². The van der Waals surface area contributed by atoms with Crippen LogP contribution in [0.25, 0.3) is 11.0 Å². The first-order chi connectivity index (χ1) is 8.86. The summed E-state index contributed by atoms with van der Waals surface area (Å²) in [6.45, 7) is 0. The van der Waals surface area contributed by atoms with Gasteiger partial charge in [0, 0.05) is 17.8 Å². The minimum absolute atomic E-state index is 0.599. The van der Waals surface area contributed by atoms with E-state index in [0.29, 0.717) is 11.1 Å². The zero-order chi connectivity index (χ0) is 12.4. The second-order valence-electron chi connectivity index (χ2n) is 4.17. The van der Waals surface area contributed by atoms with Crippen molar-refractivity contribution in [1.29, 1.82) is 0 Å². The molecule has 88 valence electrons. The largest absolute Gasteiger partial charge is 0.464 e. The first-order valence-electron chi connectivity index (χ1n) is 5.71. The Morgan fingerprint density at radius 3 is 2.72 bits per heavy atom. The van der Waals surface area contributed by atoms with Gasteiger partial charge in [-0.05, 0) is 47.9 Å². The number of furan rings is 1. The standard InChI is InChI=1S/C15H11NO2/c17-10-14-9-12(7-11-1-4-16-5-2-11)8-13-3-6-18-15(13)14/h1-6,8-10H,7H2. The summed E-state index contributed by atoms with van der Waals surface area (Å²) < 4.78 is 5.30. The molecule has 0 amide bonds. The Bertz CT molecular complexity index is 686.